The van der Waals surface area contributed by atoms with Crippen LogP contribution >= 0.6 is 0 Å². The summed E-state index contributed by atoms with van der Waals surface area (Å²) < 4.78 is 0. The number of anilines is 3. The number of rotatable bonds is 3. The van der Waals surface area contributed by atoms with E-state index < -0.39 is 0 Å². The molecule has 0 amide bonds. The van der Waals surface area contributed by atoms with Gasteiger partial charge < -0.3 is 14.7 Å². The molecule has 25 heavy (non-hydrogen) atoms. The lowest BCUT2D eigenvalue weighted by atomic mass is 10.3. The van der Waals surface area contributed by atoms with Gasteiger partial charge in [-0.1, -0.05) is 0 Å². The molecule has 2 aliphatic heterocycles. The molecule has 2 aliphatic rings. The molecule has 0 radical (unpaired) electrons. The number of hydrogen-bond acceptors (Lipinski definition) is 7. The molecule has 0 bridgehead atoms. The van der Waals surface area contributed by atoms with E-state index >= 15 is 0 Å². The molecule has 4 rings (SSSR count). The maximum atomic E-state index is 4.68. The third kappa shape index (κ3) is 3.50. The Hall–Kier alpha value is -2.44. The van der Waals surface area contributed by atoms with E-state index in [2.05, 4.69) is 40.7 Å². The van der Waals surface area contributed by atoms with Crippen LogP contribution in [0.1, 0.15) is 24.4 Å². The number of hydrogen-bond donors (Lipinski definition) is 0. The van der Waals surface area contributed by atoms with E-state index in [0.29, 0.717) is 0 Å². The zero-order valence-corrected chi connectivity index (χ0v) is 15.0. The van der Waals surface area contributed by atoms with Crippen LogP contribution in [0.2, 0.25) is 0 Å². The number of piperazine rings is 1. The Bertz CT molecular complexity index is 734. The standard InChI is InChI=1S/C18H25N7/c1-14-12-19-13-18(20-14)25-9-7-24(8-10-25)17-11-16(21-15(2)22-17)23-5-3-4-6-23/h11-13H,3-10H2,1-2H3. The molecule has 0 atom stereocenters. The van der Waals surface area contributed by atoms with Crippen molar-refractivity contribution in [2.75, 3.05) is 54.0 Å². The van der Waals surface area contributed by atoms with E-state index in [1.165, 1.54) is 12.8 Å². The Labute approximate surface area is 148 Å². The minimum absolute atomic E-state index is 0.853. The van der Waals surface area contributed by atoms with Gasteiger partial charge in [-0.25, -0.2) is 15.0 Å². The van der Waals surface area contributed by atoms with Crippen LogP contribution < -0.4 is 14.7 Å². The first-order valence-corrected chi connectivity index (χ1v) is 9.08. The molecule has 0 aliphatic carbocycles. The van der Waals surface area contributed by atoms with Gasteiger partial charge in [0.05, 0.1) is 11.9 Å². The van der Waals surface area contributed by atoms with Crippen LogP contribution in [0.4, 0.5) is 17.5 Å². The van der Waals surface area contributed by atoms with E-state index in [4.69, 9.17) is 0 Å². The Kier molecular flexibility index (Phi) is 4.38. The van der Waals surface area contributed by atoms with Crippen LogP contribution in [-0.4, -0.2) is 59.2 Å². The number of aromatic nitrogens is 4. The second kappa shape index (κ2) is 6.82. The molecule has 7 heteroatoms. The van der Waals surface area contributed by atoms with Crippen LogP contribution in [-0.2, 0) is 0 Å². The van der Waals surface area contributed by atoms with Gasteiger partial charge >= 0.3 is 0 Å². The summed E-state index contributed by atoms with van der Waals surface area (Å²) in [6.45, 7) is 9.92. The molecule has 0 spiro atoms. The quantitative estimate of drug-likeness (QED) is 0.845. The summed E-state index contributed by atoms with van der Waals surface area (Å²) in [5, 5.41) is 0. The van der Waals surface area contributed by atoms with E-state index in [1.807, 2.05) is 20.0 Å². The van der Waals surface area contributed by atoms with Gasteiger partial charge in [-0.2, -0.15) is 0 Å². The van der Waals surface area contributed by atoms with Crippen molar-refractivity contribution < 1.29 is 0 Å². The zero-order valence-electron chi connectivity index (χ0n) is 15.0. The molecule has 7 nitrogen and oxygen atoms in total. The Balaban J connectivity index is 1.47. The predicted octanol–water partition coefficient (Wildman–Crippen LogP) is 1.81. The summed E-state index contributed by atoms with van der Waals surface area (Å²) in [5.74, 6) is 3.94. The minimum Gasteiger partial charge on any atom is -0.356 e. The molecule has 0 saturated carbocycles. The van der Waals surface area contributed by atoms with Crippen molar-refractivity contribution in [2.24, 2.45) is 0 Å². The molecule has 132 valence electrons. The molecule has 2 saturated heterocycles. The maximum Gasteiger partial charge on any atom is 0.147 e. The highest BCUT2D eigenvalue weighted by Gasteiger charge is 2.22. The summed E-state index contributed by atoms with van der Waals surface area (Å²) in [4.78, 5) is 25.2. The highest BCUT2D eigenvalue weighted by Crippen LogP contribution is 2.24. The largest absolute Gasteiger partial charge is 0.356 e. The zero-order chi connectivity index (χ0) is 17.2. The Morgan fingerprint density at radius 3 is 1.84 bits per heavy atom. The van der Waals surface area contributed by atoms with Crippen LogP contribution in [0.15, 0.2) is 18.5 Å². The van der Waals surface area contributed by atoms with E-state index in [1.54, 1.807) is 6.20 Å². The SMILES string of the molecule is Cc1cncc(N2CCN(c3cc(N4CCCC4)nc(C)n3)CC2)n1. The van der Waals surface area contributed by atoms with Crippen molar-refractivity contribution in [1.82, 2.24) is 19.9 Å². The van der Waals surface area contributed by atoms with Gasteiger partial charge in [0.25, 0.3) is 0 Å². The summed E-state index contributed by atoms with van der Waals surface area (Å²) >= 11 is 0. The summed E-state index contributed by atoms with van der Waals surface area (Å²) in [6, 6.07) is 2.15. The molecular formula is C18H25N7. The summed E-state index contributed by atoms with van der Waals surface area (Å²) in [5.41, 5.74) is 0.960. The number of nitrogens with zero attached hydrogens (tertiary/aromatic N) is 7. The smallest absolute Gasteiger partial charge is 0.147 e. The van der Waals surface area contributed by atoms with Gasteiger partial charge in [-0.05, 0) is 26.7 Å². The van der Waals surface area contributed by atoms with Crippen molar-refractivity contribution in [3.05, 3.63) is 30.0 Å². The fourth-order valence-corrected chi connectivity index (χ4v) is 3.57. The molecule has 4 heterocycles. The fourth-order valence-electron chi connectivity index (χ4n) is 3.57. The lowest BCUT2D eigenvalue weighted by Gasteiger charge is -2.36. The third-order valence-electron chi connectivity index (χ3n) is 4.91. The van der Waals surface area contributed by atoms with Crippen LogP contribution in [0.3, 0.4) is 0 Å². The van der Waals surface area contributed by atoms with Crippen LogP contribution in [0.5, 0.6) is 0 Å². The average molecular weight is 339 g/mol. The Morgan fingerprint density at radius 1 is 0.680 bits per heavy atom. The fraction of sp³-hybridized carbons (Fsp3) is 0.556. The molecule has 2 aromatic rings. The number of aryl methyl sites for hydroxylation is 2. The normalized spacial score (nSPS) is 18.1. The second-order valence-corrected chi connectivity index (χ2v) is 6.82. The maximum absolute atomic E-state index is 4.68. The van der Waals surface area contributed by atoms with Crippen molar-refractivity contribution in [3.63, 3.8) is 0 Å². The molecular weight excluding hydrogens is 314 g/mol. The molecule has 0 N–H and O–H groups in total. The third-order valence-corrected chi connectivity index (χ3v) is 4.91. The molecule has 2 aromatic heterocycles. The summed E-state index contributed by atoms with van der Waals surface area (Å²) in [7, 11) is 0. The van der Waals surface area contributed by atoms with Crippen molar-refractivity contribution >= 4 is 17.5 Å². The van der Waals surface area contributed by atoms with Gasteiger partial charge in [0.1, 0.15) is 23.3 Å². The summed E-state index contributed by atoms with van der Waals surface area (Å²) in [6.07, 6.45) is 6.16. The molecule has 0 unspecified atom stereocenters. The first kappa shape index (κ1) is 16.1. The van der Waals surface area contributed by atoms with Gasteiger partial charge in [0.2, 0.25) is 0 Å². The predicted molar refractivity (Wildman–Crippen MR) is 99.4 cm³/mol. The van der Waals surface area contributed by atoms with Gasteiger partial charge in [0.15, 0.2) is 0 Å². The molecule has 2 fully saturated rings. The van der Waals surface area contributed by atoms with Crippen molar-refractivity contribution in [3.8, 4) is 0 Å². The van der Waals surface area contributed by atoms with Crippen LogP contribution in [0.25, 0.3) is 0 Å². The van der Waals surface area contributed by atoms with Crippen molar-refractivity contribution in [2.45, 2.75) is 26.7 Å². The van der Waals surface area contributed by atoms with E-state index in [-0.39, 0.29) is 0 Å². The second-order valence-electron chi connectivity index (χ2n) is 6.82. The lowest BCUT2D eigenvalue weighted by molar-refractivity contribution is 0.638. The highest BCUT2D eigenvalue weighted by molar-refractivity contribution is 5.52. The monoisotopic (exact) mass is 339 g/mol. The van der Waals surface area contributed by atoms with Gasteiger partial charge in [-0.3, -0.25) is 4.98 Å². The van der Waals surface area contributed by atoms with Crippen molar-refractivity contribution in [1.29, 1.82) is 0 Å². The minimum atomic E-state index is 0.853. The topological polar surface area (TPSA) is 61.3 Å². The van der Waals surface area contributed by atoms with Gasteiger partial charge in [0, 0.05) is 51.5 Å². The Morgan fingerprint density at radius 2 is 1.24 bits per heavy atom. The van der Waals surface area contributed by atoms with Crippen LogP contribution in [0, 0.1) is 13.8 Å². The van der Waals surface area contributed by atoms with E-state index in [9.17, 15) is 0 Å². The van der Waals surface area contributed by atoms with Gasteiger partial charge in [-0.15, -0.1) is 0 Å². The van der Waals surface area contributed by atoms with E-state index in [0.717, 1.165) is 68.2 Å². The average Bonchev–Trinajstić information content (AvgIpc) is 3.16. The highest BCUT2D eigenvalue weighted by atomic mass is 15.3. The molecule has 0 aromatic carbocycles. The first-order chi connectivity index (χ1) is 12.2. The first-order valence-electron chi connectivity index (χ1n) is 9.08. The lowest BCUT2D eigenvalue weighted by Crippen LogP contribution is -2.47.